The molecule has 1 aliphatic heterocycles. The van der Waals surface area contributed by atoms with Crippen LogP contribution in [0, 0.1) is 5.82 Å². The SMILES string of the molecule is CN[C@H]1CCCN(c2c(F)cc(C(N)=O)c3c2-c2ccccc2C3)C1. The van der Waals surface area contributed by atoms with Crippen LogP contribution in [-0.2, 0) is 6.42 Å². The average molecular weight is 339 g/mol. The molecule has 130 valence electrons. The van der Waals surface area contributed by atoms with Gasteiger partial charge in [-0.25, -0.2) is 4.39 Å². The molecule has 3 N–H and O–H groups in total. The van der Waals surface area contributed by atoms with Gasteiger partial charge in [0.15, 0.2) is 0 Å². The summed E-state index contributed by atoms with van der Waals surface area (Å²) in [7, 11) is 1.94. The lowest BCUT2D eigenvalue weighted by Crippen LogP contribution is -2.45. The fraction of sp³-hybridized carbons (Fsp3) is 0.350. The lowest BCUT2D eigenvalue weighted by molar-refractivity contribution is 0.0999. The molecule has 1 atom stereocenters. The molecule has 2 aromatic rings. The molecule has 1 heterocycles. The Kier molecular flexibility index (Phi) is 3.96. The molecule has 2 aromatic carbocycles. The second kappa shape index (κ2) is 6.15. The molecule has 4 rings (SSSR count). The molecule has 0 unspecified atom stereocenters. The molecule has 0 spiro atoms. The number of piperidine rings is 1. The van der Waals surface area contributed by atoms with Gasteiger partial charge in [-0.2, -0.15) is 0 Å². The first-order valence-electron chi connectivity index (χ1n) is 8.75. The van der Waals surface area contributed by atoms with Crippen molar-refractivity contribution in [2.75, 3.05) is 25.0 Å². The fourth-order valence-electron chi connectivity index (χ4n) is 4.21. The van der Waals surface area contributed by atoms with Gasteiger partial charge < -0.3 is 16.0 Å². The highest BCUT2D eigenvalue weighted by atomic mass is 19.1. The first kappa shape index (κ1) is 16.1. The van der Waals surface area contributed by atoms with Gasteiger partial charge in [-0.15, -0.1) is 0 Å². The van der Waals surface area contributed by atoms with Crippen LogP contribution in [0.15, 0.2) is 30.3 Å². The lowest BCUT2D eigenvalue weighted by atomic mass is 9.95. The van der Waals surface area contributed by atoms with Gasteiger partial charge in [0.25, 0.3) is 0 Å². The summed E-state index contributed by atoms with van der Waals surface area (Å²) in [6.45, 7) is 1.58. The number of anilines is 1. The molecule has 1 amide bonds. The van der Waals surface area contributed by atoms with Crippen molar-refractivity contribution in [1.29, 1.82) is 0 Å². The normalized spacial score (nSPS) is 18.8. The molecular weight excluding hydrogens is 317 g/mol. The Labute approximate surface area is 146 Å². The number of halogens is 1. The highest BCUT2D eigenvalue weighted by molar-refractivity contribution is 6.01. The van der Waals surface area contributed by atoms with Crippen molar-refractivity contribution in [3.8, 4) is 11.1 Å². The molecule has 0 radical (unpaired) electrons. The van der Waals surface area contributed by atoms with Gasteiger partial charge in [-0.1, -0.05) is 24.3 Å². The number of rotatable bonds is 3. The summed E-state index contributed by atoms with van der Waals surface area (Å²) in [5, 5.41) is 3.30. The van der Waals surface area contributed by atoms with Crippen molar-refractivity contribution in [3.05, 3.63) is 52.8 Å². The summed E-state index contributed by atoms with van der Waals surface area (Å²) < 4.78 is 15.1. The van der Waals surface area contributed by atoms with Crippen LogP contribution >= 0.6 is 0 Å². The topological polar surface area (TPSA) is 58.4 Å². The Morgan fingerprint density at radius 3 is 2.92 bits per heavy atom. The third-order valence-electron chi connectivity index (χ3n) is 5.43. The second-order valence-electron chi connectivity index (χ2n) is 6.88. The summed E-state index contributed by atoms with van der Waals surface area (Å²) in [6.07, 6.45) is 2.73. The third-order valence-corrected chi connectivity index (χ3v) is 5.43. The maximum atomic E-state index is 15.1. The number of hydrogen-bond acceptors (Lipinski definition) is 3. The molecule has 2 aliphatic rings. The van der Waals surface area contributed by atoms with E-state index in [1.165, 1.54) is 6.07 Å². The van der Waals surface area contributed by atoms with Crippen LogP contribution in [0.4, 0.5) is 10.1 Å². The van der Waals surface area contributed by atoms with Crippen LogP contribution in [0.5, 0.6) is 0 Å². The standard InChI is InChI=1S/C20H22FN3O/c1-23-13-6-4-8-24(11-13)19-17(21)10-16(20(22)25)15-9-12-5-2-3-7-14(12)18(15)19/h2-3,5,7,10,13,23H,4,6,8-9,11H2,1H3,(H2,22,25)/t13-/m0/s1. The third kappa shape index (κ3) is 2.59. The summed E-state index contributed by atoms with van der Waals surface area (Å²) in [6, 6.07) is 9.65. The number of carbonyl (C=O) groups excluding carboxylic acids is 1. The van der Waals surface area contributed by atoms with Gasteiger partial charge in [0.1, 0.15) is 5.82 Å². The Morgan fingerprint density at radius 1 is 1.36 bits per heavy atom. The number of primary amides is 1. The van der Waals surface area contributed by atoms with Crippen molar-refractivity contribution in [3.63, 3.8) is 0 Å². The quantitative estimate of drug-likeness (QED) is 0.771. The lowest BCUT2D eigenvalue weighted by Gasteiger charge is -2.36. The van der Waals surface area contributed by atoms with E-state index in [-0.39, 0.29) is 5.82 Å². The van der Waals surface area contributed by atoms with E-state index in [2.05, 4.69) is 10.2 Å². The minimum Gasteiger partial charge on any atom is -0.367 e. The smallest absolute Gasteiger partial charge is 0.249 e. The van der Waals surface area contributed by atoms with E-state index in [0.717, 1.165) is 48.2 Å². The van der Waals surface area contributed by atoms with Crippen LogP contribution in [0.2, 0.25) is 0 Å². The predicted molar refractivity (Wildman–Crippen MR) is 97.5 cm³/mol. The largest absolute Gasteiger partial charge is 0.367 e. The molecule has 0 aromatic heterocycles. The summed E-state index contributed by atoms with van der Waals surface area (Å²) in [5.74, 6) is -0.928. The Hall–Kier alpha value is -2.40. The zero-order valence-corrected chi connectivity index (χ0v) is 14.3. The van der Waals surface area contributed by atoms with E-state index < -0.39 is 5.91 Å². The maximum absolute atomic E-state index is 15.1. The monoisotopic (exact) mass is 339 g/mol. The number of likely N-dealkylation sites (N-methyl/N-ethyl adjacent to an activating group) is 1. The van der Waals surface area contributed by atoms with Crippen LogP contribution in [0.3, 0.4) is 0 Å². The predicted octanol–water partition coefficient (Wildman–Crippen LogP) is 2.68. The van der Waals surface area contributed by atoms with Crippen LogP contribution in [-0.4, -0.2) is 32.1 Å². The molecule has 1 fully saturated rings. The molecule has 1 saturated heterocycles. The zero-order valence-electron chi connectivity index (χ0n) is 14.3. The molecular formula is C20H22FN3O. The van der Waals surface area contributed by atoms with Gasteiger partial charge in [-0.3, -0.25) is 4.79 Å². The Balaban J connectivity index is 1.92. The molecule has 5 heteroatoms. The van der Waals surface area contributed by atoms with Crippen LogP contribution < -0.4 is 16.0 Å². The Morgan fingerprint density at radius 2 is 2.16 bits per heavy atom. The minimum atomic E-state index is -0.568. The van der Waals surface area contributed by atoms with Crippen molar-refractivity contribution in [2.24, 2.45) is 5.73 Å². The first-order valence-corrected chi connectivity index (χ1v) is 8.75. The average Bonchev–Trinajstić information content (AvgIpc) is 3.00. The van der Waals surface area contributed by atoms with Crippen molar-refractivity contribution in [2.45, 2.75) is 25.3 Å². The zero-order chi connectivity index (χ0) is 17.6. The molecule has 0 bridgehead atoms. The fourth-order valence-corrected chi connectivity index (χ4v) is 4.21. The second-order valence-corrected chi connectivity index (χ2v) is 6.88. The van der Waals surface area contributed by atoms with Gasteiger partial charge in [0.2, 0.25) is 5.91 Å². The number of benzene rings is 2. The van der Waals surface area contributed by atoms with E-state index in [4.69, 9.17) is 5.73 Å². The van der Waals surface area contributed by atoms with E-state index in [9.17, 15) is 4.79 Å². The number of nitrogens with one attached hydrogen (secondary N) is 1. The van der Waals surface area contributed by atoms with E-state index in [1.807, 2.05) is 31.3 Å². The number of hydrogen-bond donors (Lipinski definition) is 2. The Bertz CT molecular complexity index is 849. The van der Waals surface area contributed by atoms with E-state index in [0.29, 0.717) is 23.7 Å². The van der Waals surface area contributed by atoms with Crippen molar-refractivity contribution < 1.29 is 9.18 Å². The molecule has 0 saturated carbocycles. The first-order chi connectivity index (χ1) is 12.1. The summed E-state index contributed by atoms with van der Waals surface area (Å²) in [5.41, 5.74) is 10.3. The molecule has 4 nitrogen and oxygen atoms in total. The number of nitrogens with zero attached hydrogens (tertiary/aromatic N) is 1. The van der Waals surface area contributed by atoms with Gasteiger partial charge in [0.05, 0.1) is 5.69 Å². The van der Waals surface area contributed by atoms with Crippen molar-refractivity contribution in [1.82, 2.24) is 5.32 Å². The molecule has 25 heavy (non-hydrogen) atoms. The van der Waals surface area contributed by atoms with Crippen LogP contribution in [0.25, 0.3) is 11.1 Å². The highest BCUT2D eigenvalue weighted by Crippen LogP contribution is 2.46. The van der Waals surface area contributed by atoms with Crippen molar-refractivity contribution >= 4 is 11.6 Å². The number of amides is 1. The number of carbonyl (C=O) groups is 1. The highest BCUT2D eigenvalue weighted by Gasteiger charge is 2.32. The van der Waals surface area contributed by atoms with Gasteiger partial charge >= 0.3 is 0 Å². The van der Waals surface area contributed by atoms with E-state index in [1.54, 1.807) is 0 Å². The summed E-state index contributed by atoms with van der Waals surface area (Å²) >= 11 is 0. The maximum Gasteiger partial charge on any atom is 0.249 e. The number of fused-ring (bicyclic) bond motifs is 3. The minimum absolute atomic E-state index is 0.301. The molecule has 1 aliphatic carbocycles. The van der Waals surface area contributed by atoms with E-state index >= 15 is 4.39 Å². The summed E-state index contributed by atoms with van der Waals surface area (Å²) in [4.78, 5) is 14.0. The number of nitrogens with two attached hydrogens (primary N) is 1. The van der Waals surface area contributed by atoms with Gasteiger partial charge in [-0.05, 0) is 49.1 Å². The van der Waals surface area contributed by atoms with Gasteiger partial charge in [0, 0.05) is 30.3 Å². The van der Waals surface area contributed by atoms with Crippen LogP contribution in [0.1, 0.15) is 34.3 Å².